The number of aryl methyl sites for hydroxylation is 1. The van der Waals surface area contributed by atoms with E-state index in [0.717, 1.165) is 24.4 Å². The fraction of sp³-hybridized carbons (Fsp3) is 0.688. The molecule has 128 valence electrons. The Labute approximate surface area is 138 Å². The molecule has 0 aliphatic carbocycles. The Morgan fingerprint density at radius 3 is 2.52 bits per heavy atom. The number of ether oxygens (including phenoxy) is 1. The summed E-state index contributed by atoms with van der Waals surface area (Å²) in [5.41, 5.74) is 0.981. The first kappa shape index (κ1) is 16.7. The highest BCUT2D eigenvalue weighted by Gasteiger charge is 2.35. The van der Waals surface area contributed by atoms with E-state index in [0.29, 0.717) is 39.1 Å². The van der Waals surface area contributed by atoms with E-state index < -0.39 is 10.0 Å². The zero-order valence-corrected chi connectivity index (χ0v) is 14.4. The quantitative estimate of drug-likeness (QED) is 0.905. The van der Waals surface area contributed by atoms with Gasteiger partial charge in [-0.05, 0) is 44.7 Å². The highest BCUT2D eigenvalue weighted by molar-refractivity contribution is 7.89. The third-order valence-electron chi connectivity index (χ3n) is 4.64. The van der Waals surface area contributed by atoms with Gasteiger partial charge < -0.3 is 10.1 Å². The fourth-order valence-electron chi connectivity index (χ4n) is 3.27. The fourth-order valence-corrected chi connectivity index (χ4v) is 5.20. The van der Waals surface area contributed by atoms with Crippen molar-refractivity contribution < 1.29 is 13.2 Å². The number of nitrogens with one attached hydrogen (secondary N) is 1. The average Bonchev–Trinajstić information content (AvgIpc) is 2.56. The van der Waals surface area contributed by atoms with E-state index in [1.54, 1.807) is 4.31 Å². The number of hydrogen-bond donors (Lipinski definition) is 1. The van der Waals surface area contributed by atoms with Crippen molar-refractivity contribution in [3.63, 3.8) is 0 Å². The zero-order chi connectivity index (χ0) is 16.3. The lowest BCUT2D eigenvalue weighted by Crippen LogP contribution is -2.47. The van der Waals surface area contributed by atoms with Crippen LogP contribution in [0.3, 0.4) is 0 Å². The Morgan fingerprint density at radius 2 is 1.87 bits per heavy atom. The molecule has 23 heavy (non-hydrogen) atoms. The van der Waals surface area contributed by atoms with E-state index in [1.807, 2.05) is 25.1 Å². The second kappa shape index (κ2) is 7.15. The molecule has 3 heterocycles. The van der Waals surface area contributed by atoms with Crippen molar-refractivity contribution in [1.82, 2.24) is 9.29 Å². The highest BCUT2D eigenvalue weighted by atomic mass is 32.2. The first-order chi connectivity index (χ1) is 11.1. The maximum absolute atomic E-state index is 12.7. The predicted octanol–water partition coefficient (Wildman–Crippen LogP) is 1.78. The van der Waals surface area contributed by atoms with Gasteiger partial charge in [0, 0.05) is 38.0 Å². The summed E-state index contributed by atoms with van der Waals surface area (Å²) in [4.78, 5) is 4.45. The third kappa shape index (κ3) is 4.02. The van der Waals surface area contributed by atoms with Crippen molar-refractivity contribution >= 4 is 15.8 Å². The molecule has 0 bridgehead atoms. The second-order valence-corrected chi connectivity index (χ2v) is 8.55. The Hall–Kier alpha value is -1.18. The van der Waals surface area contributed by atoms with Crippen LogP contribution in [-0.4, -0.2) is 55.3 Å². The Kier molecular flexibility index (Phi) is 5.18. The molecule has 2 aliphatic heterocycles. The molecule has 0 unspecified atom stereocenters. The van der Waals surface area contributed by atoms with Crippen LogP contribution in [0, 0.1) is 6.92 Å². The van der Waals surface area contributed by atoms with Crippen LogP contribution in [0.4, 0.5) is 5.82 Å². The van der Waals surface area contributed by atoms with E-state index in [-0.39, 0.29) is 11.3 Å². The summed E-state index contributed by atoms with van der Waals surface area (Å²) in [5.74, 6) is 0.871. The molecule has 1 aromatic heterocycles. The first-order valence-electron chi connectivity index (χ1n) is 8.32. The molecular formula is C16H25N3O3S. The summed E-state index contributed by atoms with van der Waals surface area (Å²) in [6, 6.07) is 6.19. The number of aromatic nitrogens is 1. The van der Waals surface area contributed by atoms with Gasteiger partial charge in [0.25, 0.3) is 0 Å². The maximum Gasteiger partial charge on any atom is 0.217 e. The number of hydrogen-bond acceptors (Lipinski definition) is 5. The van der Waals surface area contributed by atoms with Crippen molar-refractivity contribution in [2.45, 2.75) is 43.9 Å². The van der Waals surface area contributed by atoms with Gasteiger partial charge in [-0.1, -0.05) is 6.07 Å². The number of pyridine rings is 1. The van der Waals surface area contributed by atoms with Crippen LogP contribution in [0.15, 0.2) is 18.2 Å². The second-order valence-electron chi connectivity index (χ2n) is 6.34. The van der Waals surface area contributed by atoms with E-state index in [9.17, 15) is 8.42 Å². The minimum Gasteiger partial charge on any atom is -0.381 e. The van der Waals surface area contributed by atoms with Gasteiger partial charge in [-0.2, -0.15) is 0 Å². The minimum absolute atomic E-state index is 0.265. The number of piperidine rings is 1. The Balaban J connectivity index is 1.55. The molecular weight excluding hydrogens is 314 g/mol. The van der Waals surface area contributed by atoms with Crippen molar-refractivity contribution in [3.8, 4) is 0 Å². The number of nitrogens with zero attached hydrogens (tertiary/aromatic N) is 2. The van der Waals surface area contributed by atoms with Crippen LogP contribution in [0.5, 0.6) is 0 Å². The molecule has 0 amide bonds. The monoisotopic (exact) mass is 339 g/mol. The van der Waals surface area contributed by atoms with Gasteiger partial charge in [0.05, 0.1) is 5.25 Å². The molecule has 0 atom stereocenters. The van der Waals surface area contributed by atoms with Crippen molar-refractivity contribution in [3.05, 3.63) is 23.9 Å². The van der Waals surface area contributed by atoms with Crippen LogP contribution in [0.25, 0.3) is 0 Å². The molecule has 6 nitrogen and oxygen atoms in total. The average molecular weight is 339 g/mol. The molecule has 2 fully saturated rings. The third-order valence-corrected chi connectivity index (χ3v) is 7.04. The topological polar surface area (TPSA) is 71.5 Å². The molecule has 3 rings (SSSR count). The van der Waals surface area contributed by atoms with Gasteiger partial charge in [-0.15, -0.1) is 0 Å². The highest BCUT2D eigenvalue weighted by Crippen LogP contribution is 2.24. The number of rotatable bonds is 4. The summed E-state index contributed by atoms with van der Waals surface area (Å²) in [6.07, 6.45) is 2.87. The summed E-state index contributed by atoms with van der Waals surface area (Å²) in [5, 5.41) is 3.16. The van der Waals surface area contributed by atoms with Gasteiger partial charge in [-0.25, -0.2) is 17.7 Å². The molecule has 2 aliphatic rings. The molecule has 0 radical (unpaired) electrons. The number of anilines is 1. The lowest BCUT2D eigenvalue weighted by molar-refractivity contribution is 0.0969. The molecule has 1 N–H and O–H groups in total. The molecule has 0 aromatic carbocycles. The van der Waals surface area contributed by atoms with E-state index in [4.69, 9.17) is 4.74 Å². The molecule has 0 saturated carbocycles. The first-order valence-corrected chi connectivity index (χ1v) is 9.83. The normalized spacial score (nSPS) is 22.1. The summed E-state index contributed by atoms with van der Waals surface area (Å²) >= 11 is 0. The number of sulfonamides is 1. The largest absolute Gasteiger partial charge is 0.381 e. The van der Waals surface area contributed by atoms with Crippen molar-refractivity contribution in [2.75, 3.05) is 31.6 Å². The summed E-state index contributed by atoms with van der Waals surface area (Å²) in [6.45, 7) is 4.25. The van der Waals surface area contributed by atoms with Crippen LogP contribution in [0.2, 0.25) is 0 Å². The van der Waals surface area contributed by atoms with Crippen molar-refractivity contribution in [1.29, 1.82) is 0 Å². The van der Waals surface area contributed by atoms with Crippen LogP contribution < -0.4 is 5.32 Å². The lowest BCUT2D eigenvalue weighted by atomic mass is 10.1. The van der Waals surface area contributed by atoms with Gasteiger partial charge in [0.15, 0.2) is 0 Å². The molecule has 7 heteroatoms. The standard InChI is InChI=1S/C16H25N3O3S/c1-13-3-2-4-16(17-13)18-14-5-9-19(10-6-14)23(20,21)15-7-11-22-12-8-15/h2-4,14-15H,5-12H2,1H3,(H,17,18). The van der Waals surface area contributed by atoms with E-state index >= 15 is 0 Å². The van der Waals surface area contributed by atoms with Gasteiger partial charge in [0.1, 0.15) is 5.82 Å². The molecule has 1 aromatic rings. The summed E-state index contributed by atoms with van der Waals surface area (Å²) in [7, 11) is -3.18. The van der Waals surface area contributed by atoms with E-state index in [2.05, 4.69) is 10.3 Å². The molecule has 0 spiro atoms. The maximum atomic E-state index is 12.7. The Morgan fingerprint density at radius 1 is 1.17 bits per heavy atom. The van der Waals surface area contributed by atoms with Crippen LogP contribution >= 0.6 is 0 Å². The van der Waals surface area contributed by atoms with Crippen molar-refractivity contribution in [2.24, 2.45) is 0 Å². The SMILES string of the molecule is Cc1cccc(NC2CCN(S(=O)(=O)C3CCOCC3)CC2)n1. The van der Waals surface area contributed by atoms with Crippen LogP contribution in [-0.2, 0) is 14.8 Å². The van der Waals surface area contributed by atoms with Gasteiger partial charge in [0.2, 0.25) is 10.0 Å². The van der Waals surface area contributed by atoms with Gasteiger partial charge >= 0.3 is 0 Å². The minimum atomic E-state index is -3.18. The lowest BCUT2D eigenvalue weighted by Gasteiger charge is -2.35. The van der Waals surface area contributed by atoms with Crippen LogP contribution in [0.1, 0.15) is 31.4 Å². The van der Waals surface area contributed by atoms with E-state index in [1.165, 1.54) is 0 Å². The Bertz CT molecular complexity index is 621. The summed E-state index contributed by atoms with van der Waals surface area (Å²) < 4.78 is 32.3. The molecule has 2 saturated heterocycles. The smallest absolute Gasteiger partial charge is 0.217 e. The predicted molar refractivity (Wildman–Crippen MR) is 90.0 cm³/mol. The zero-order valence-electron chi connectivity index (χ0n) is 13.6. The van der Waals surface area contributed by atoms with Gasteiger partial charge in [-0.3, -0.25) is 0 Å².